The van der Waals surface area contributed by atoms with Gasteiger partial charge in [-0.15, -0.1) is 11.3 Å². The molecule has 0 saturated carbocycles. The zero-order chi connectivity index (χ0) is 25.9. The van der Waals surface area contributed by atoms with E-state index < -0.39 is 12.0 Å². The Morgan fingerprint density at radius 1 is 1.14 bits per heavy atom. The second kappa shape index (κ2) is 10.7. The number of thiazole rings is 1. The summed E-state index contributed by atoms with van der Waals surface area (Å²) >= 11 is 2.71. The molecule has 0 fully saturated rings. The summed E-state index contributed by atoms with van der Waals surface area (Å²) in [5, 5.41) is 1.91. The van der Waals surface area contributed by atoms with Crippen molar-refractivity contribution in [1.29, 1.82) is 0 Å². The van der Waals surface area contributed by atoms with Crippen molar-refractivity contribution in [2.75, 3.05) is 6.61 Å². The molecular formula is C28H23FN2O4S2. The molecule has 0 bridgehead atoms. The monoisotopic (exact) mass is 534 g/mol. The number of hydrogen-bond donors (Lipinski definition) is 0. The normalized spacial score (nSPS) is 15.3. The van der Waals surface area contributed by atoms with Crippen molar-refractivity contribution >= 4 is 34.7 Å². The van der Waals surface area contributed by atoms with Crippen LogP contribution in [0.1, 0.15) is 35.9 Å². The van der Waals surface area contributed by atoms with Crippen molar-refractivity contribution in [2.45, 2.75) is 26.5 Å². The SMILES string of the molecule is CCOC(=O)C1=C(C)N=c2s/c(=C\c3ccccc3OCc3ccccc3F)c(=O)n2[C@H]1c1cccs1. The number of rotatable bonds is 7. The molecule has 1 atom stereocenters. The third-order valence-electron chi connectivity index (χ3n) is 5.88. The van der Waals surface area contributed by atoms with Gasteiger partial charge in [0, 0.05) is 16.0 Å². The van der Waals surface area contributed by atoms with Crippen molar-refractivity contribution in [3.05, 3.63) is 119 Å². The van der Waals surface area contributed by atoms with Crippen molar-refractivity contribution in [1.82, 2.24) is 4.57 Å². The molecule has 0 spiro atoms. The van der Waals surface area contributed by atoms with E-state index >= 15 is 0 Å². The lowest BCUT2D eigenvalue weighted by Crippen LogP contribution is -2.39. The van der Waals surface area contributed by atoms with Crippen LogP contribution in [0.2, 0.25) is 0 Å². The molecule has 1 aliphatic heterocycles. The number of thiophene rings is 1. The molecular weight excluding hydrogens is 511 g/mol. The Morgan fingerprint density at radius 2 is 1.92 bits per heavy atom. The maximum absolute atomic E-state index is 14.1. The van der Waals surface area contributed by atoms with Gasteiger partial charge in [-0.25, -0.2) is 14.2 Å². The summed E-state index contributed by atoms with van der Waals surface area (Å²) in [6.45, 7) is 3.78. The maximum Gasteiger partial charge on any atom is 0.338 e. The molecule has 5 rings (SSSR count). The average Bonchev–Trinajstić information content (AvgIpc) is 3.52. The number of fused-ring (bicyclic) bond motifs is 1. The van der Waals surface area contributed by atoms with Crippen molar-refractivity contribution < 1.29 is 18.7 Å². The lowest BCUT2D eigenvalue weighted by molar-refractivity contribution is -0.139. The van der Waals surface area contributed by atoms with Crippen LogP contribution in [-0.4, -0.2) is 17.1 Å². The molecule has 2 aromatic heterocycles. The standard InChI is InChI=1S/C28H23FN2O4S2/c1-3-34-27(33)24-17(2)30-28-31(25(24)22-13-8-14-36-22)26(32)23(37-28)15-18-9-5-7-12-21(18)35-16-19-10-4-6-11-20(19)29/h4-15,25H,3,16H2,1-2H3/b23-15-/t25-/m0/s1. The third kappa shape index (κ3) is 4.92. The molecule has 0 aliphatic carbocycles. The van der Waals surface area contributed by atoms with Gasteiger partial charge in [-0.2, -0.15) is 0 Å². The molecule has 0 unspecified atom stereocenters. The van der Waals surface area contributed by atoms with Gasteiger partial charge >= 0.3 is 5.97 Å². The van der Waals surface area contributed by atoms with E-state index in [-0.39, 0.29) is 24.6 Å². The smallest absolute Gasteiger partial charge is 0.338 e. The summed E-state index contributed by atoms with van der Waals surface area (Å²) < 4.78 is 27.3. The van der Waals surface area contributed by atoms with Crippen LogP contribution in [0.25, 0.3) is 6.08 Å². The van der Waals surface area contributed by atoms with E-state index in [2.05, 4.69) is 4.99 Å². The summed E-state index contributed by atoms with van der Waals surface area (Å²) in [6, 6.07) is 16.9. The number of esters is 1. The fourth-order valence-electron chi connectivity index (χ4n) is 4.15. The molecule has 0 N–H and O–H groups in total. The van der Waals surface area contributed by atoms with Crippen LogP contribution in [0.3, 0.4) is 0 Å². The average molecular weight is 535 g/mol. The van der Waals surface area contributed by atoms with Gasteiger partial charge in [-0.1, -0.05) is 53.8 Å². The number of carbonyl (C=O) groups excluding carboxylic acids is 1. The topological polar surface area (TPSA) is 69.9 Å². The van der Waals surface area contributed by atoms with Gasteiger partial charge in [0.1, 0.15) is 24.2 Å². The summed E-state index contributed by atoms with van der Waals surface area (Å²) in [5.74, 6) is -0.298. The van der Waals surface area contributed by atoms with Crippen molar-refractivity contribution in [3.8, 4) is 5.75 Å². The Bertz CT molecular complexity index is 1670. The van der Waals surface area contributed by atoms with Gasteiger partial charge in [0.05, 0.1) is 22.4 Å². The van der Waals surface area contributed by atoms with Crippen LogP contribution < -0.4 is 19.6 Å². The largest absolute Gasteiger partial charge is 0.488 e. The van der Waals surface area contributed by atoms with E-state index in [1.54, 1.807) is 48.8 Å². The van der Waals surface area contributed by atoms with Gasteiger partial charge in [-0.3, -0.25) is 9.36 Å². The lowest BCUT2D eigenvalue weighted by Gasteiger charge is -2.23. The lowest BCUT2D eigenvalue weighted by atomic mass is 10.0. The van der Waals surface area contributed by atoms with Gasteiger partial charge in [-0.05, 0) is 43.5 Å². The van der Waals surface area contributed by atoms with E-state index in [9.17, 15) is 14.0 Å². The fraction of sp³-hybridized carbons (Fsp3) is 0.179. The number of nitrogens with zero attached hydrogens (tertiary/aromatic N) is 2. The highest BCUT2D eigenvalue weighted by Crippen LogP contribution is 2.33. The first kappa shape index (κ1) is 24.9. The second-order valence-electron chi connectivity index (χ2n) is 8.24. The zero-order valence-corrected chi connectivity index (χ0v) is 21.8. The second-order valence-corrected chi connectivity index (χ2v) is 10.2. The Morgan fingerprint density at radius 3 is 2.68 bits per heavy atom. The molecule has 1 aliphatic rings. The van der Waals surface area contributed by atoms with Crippen molar-refractivity contribution in [3.63, 3.8) is 0 Å². The van der Waals surface area contributed by atoms with Gasteiger partial charge in [0.15, 0.2) is 4.80 Å². The van der Waals surface area contributed by atoms with Crippen LogP contribution >= 0.6 is 22.7 Å². The molecule has 188 valence electrons. The molecule has 37 heavy (non-hydrogen) atoms. The Hall–Kier alpha value is -3.82. The van der Waals surface area contributed by atoms with E-state index in [0.29, 0.717) is 37.5 Å². The summed E-state index contributed by atoms with van der Waals surface area (Å²) in [4.78, 5) is 32.5. The Kier molecular flexibility index (Phi) is 7.16. The van der Waals surface area contributed by atoms with E-state index in [4.69, 9.17) is 9.47 Å². The first-order chi connectivity index (χ1) is 18.0. The van der Waals surface area contributed by atoms with Crippen LogP contribution in [0.4, 0.5) is 4.39 Å². The first-order valence-electron chi connectivity index (χ1n) is 11.7. The number of carbonyl (C=O) groups is 1. The number of halogens is 1. The summed E-state index contributed by atoms with van der Waals surface area (Å²) in [7, 11) is 0. The molecule has 6 nitrogen and oxygen atoms in total. The highest BCUT2D eigenvalue weighted by atomic mass is 32.1. The van der Waals surface area contributed by atoms with E-state index in [1.807, 2.05) is 35.7 Å². The summed E-state index contributed by atoms with van der Waals surface area (Å²) in [6.07, 6.45) is 1.75. The van der Waals surface area contributed by atoms with Crippen LogP contribution in [-0.2, 0) is 16.1 Å². The Balaban J connectivity index is 1.58. The van der Waals surface area contributed by atoms with Gasteiger partial charge < -0.3 is 9.47 Å². The Labute approximate surface area is 220 Å². The number of aromatic nitrogens is 1. The fourth-order valence-corrected chi connectivity index (χ4v) is 6.01. The molecule has 3 heterocycles. The summed E-state index contributed by atoms with van der Waals surface area (Å²) in [5.41, 5.74) is 1.74. The van der Waals surface area contributed by atoms with Crippen molar-refractivity contribution in [2.24, 2.45) is 4.99 Å². The molecule has 0 saturated heterocycles. The molecule has 4 aromatic rings. The van der Waals surface area contributed by atoms with Gasteiger partial charge in [0.2, 0.25) is 0 Å². The minimum atomic E-state index is -0.620. The van der Waals surface area contributed by atoms with Crippen LogP contribution in [0, 0.1) is 5.82 Å². The number of hydrogen-bond acceptors (Lipinski definition) is 7. The molecule has 2 aromatic carbocycles. The third-order valence-corrected chi connectivity index (χ3v) is 7.78. The van der Waals surface area contributed by atoms with E-state index in [1.165, 1.54) is 28.7 Å². The predicted molar refractivity (Wildman–Crippen MR) is 142 cm³/mol. The molecule has 9 heteroatoms. The quantitative estimate of drug-likeness (QED) is 0.326. The molecule has 0 radical (unpaired) electrons. The number of ether oxygens (including phenoxy) is 2. The predicted octanol–water partition coefficient (Wildman–Crippen LogP) is 4.58. The number of benzene rings is 2. The number of para-hydroxylation sites is 1. The zero-order valence-electron chi connectivity index (χ0n) is 20.1. The highest BCUT2D eigenvalue weighted by molar-refractivity contribution is 7.10. The number of allylic oxidation sites excluding steroid dienone is 1. The van der Waals surface area contributed by atoms with Crippen LogP contribution in [0.5, 0.6) is 5.75 Å². The first-order valence-corrected chi connectivity index (χ1v) is 13.4. The highest BCUT2D eigenvalue weighted by Gasteiger charge is 2.33. The van der Waals surface area contributed by atoms with Gasteiger partial charge in [0.25, 0.3) is 5.56 Å². The molecule has 0 amide bonds. The minimum absolute atomic E-state index is 0.0548. The van der Waals surface area contributed by atoms with Crippen LogP contribution in [0.15, 0.2) is 87.1 Å². The maximum atomic E-state index is 14.1. The van der Waals surface area contributed by atoms with E-state index in [0.717, 1.165) is 4.88 Å². The minimum Gasteiger partial charge on any atom is -0.488 e.